The van der Waals surface area contributed by atoms with Crippen molar-refractivity contribution < 1.29 is 13.9 Å². The zero-order valence-electron chi connectivity index (χ0n) is 13.9. The third-order valence-corrected chi connectivity index (χ3v) is 4.98. The molecule has 1 saturated heterocycles. The minimum Gasteiger partial charge on any atom is -0.376 e. The van der Waals surface area contributed by atoms with Crippen molar-refractivity contribution in [3.8, 4) is 16.4 Å². The van der Waals surface area contributed by atoms with Gasteiger partial charge in [0.15, 0.2) is 5.82 Å². The zero-order chi connectivity index (χ0) is 17.9. The second kappa shape index (κ2) is 7.35. The third-order valence-electron chi connectivity index (χ3n) is 4.12. The van der Waals surface area contributed by atoms with Crippen LogP contribution in [0.3, 0.4) is 0 Å². The molecule has 8 heteroatoms. The van der Waals surface area contributed by atoms with Gasteiger partial charge < -0.3 is 10.1 Å². The van der Waals surface area contributed by atoms with Gasteiger partial charge >= 0.3 is 0 Å². The number of amides is 1. The van der Waals surface area contributed by atoms with Crippen LogP contribution < -0.4 is 5.32 Å². The monoisotopic (exact) mass is 372 g/mol. The largest absolute Gasteiger partial charge is 0.376 e. The number of nitrogens with zero attached hydrogens (tertiary/aromatic N) is 3. The molecule has 1 amide bonds. The highest BCUT2D eigenvalue weighted by Crippen LogP contribution is 2.25. The highest BCUT2D eigenvalue weighted by atomic mass is 32.1. The first kappa shape index (κ1) is 16.9. The second-order valence-electron chi connectivity index (χ2n) is 5.97. The fourth-order valence-corrected chi connectivity index (χ4v) is 3.55. The molecule has 0 saturated carbocycles. The van der Waals surface area contributed by atoms with E-state index < -0.39 is 0 Å². The molecule has 3 heterocycles. The average molecular weight is 372 g/mol. The molecule has 4 rings (SSSR count). The van der Waals surface area contributed by atoms with Crippen molar-refractivity contribution in [3.63, 3.8) is 0 Å². The number of aromatic nitrogens is 3. The number of carbonyl (C=O) groups excluding carboxylic acids is 1. The van der Waals surface area contributed by atoms with Crippen molar-refractivity contribution in [2.75, 3.05) is 13.2 Å². The number of ether oxygens (including phenoxy) is 1. The molecule has 3 aromatic rings. The van der Waals surface area contributed by atoms with E-state index in [0.29, 0.717) is 18.1 Å². The van der Waals surface area contributed by atoms with Crippen molar-refractivity contribution in [1.82, 2.24) is 20.1 Å². The molecule has 0 radical (unpaired) electrons. The summed E-state index contributed by atoms with van der Waals surface area (Å²) in [7, 11) is 0. The Balaban J connectivity index is 1.63. The molecule has 0 unspecified atom stereocenters. The van der Waals surface area contributed by atoms with Gasteiger partial charge in [0.05, 0.1) is 16.7 Å². The Morgan fingerprint density at radius 1 is 1.38 bits per heavy atom. The Labute approximate surface area is 153 Å². The van der Waals surface area contributed by atoms with Crippen LogP contribution in [0.5, 0.6) is 0 Å². The smallest absolute Gasteiger partial charge is 0.291 e. The van der Waals surface area contributed by atoms with Gasteiger partial charge in [0.1, 0.15) is 5.82 Å². The van der Waals surface area contributed by atoms with Crippen molar-refractivity contribution in [2.24, 2.45) is 0 Å². The number of rotatable bonds is 5. The molecule has 1 aliphatic rings. The number of thiophene rings is 1. The Hall–Kier alpha value is -2.58. The van der Waals surface area contributed by atoms with Crippen LogP contribution in [0, 0.1) is 5.82 Å². The van der Waals surface area contributed by atoms with Crippen molar-refractivity contribution >= 4 is 17.2 Å². The van der Waals surface area contributed by atoms with Crippen molar-refractivity contribution in [1.29, 1.82) is 0 Å². The number of hydrogen-bond acceptors (Lipinski definition) is 5. The molecule has 0 bridgehead atoms. The van der Waals surface area contributed by atoms with Gasteiger partial charge in [-0.3, -0.25) is 4.79 Å². The van der Waals surface area contributed by atoms with Crippen LogP contribution in [0.1, 0.15) is 23.5 Å². The van der Waals surface area contributed by atoms with Crippen LogP contribution in [0.4, 0.5) is 4.39 Å². The van der Waals surface area contributed by atoms with E-state index in [0.717, 1.165) is 24.3 Å². The maximum Gasteiger partial charge on any atom is 0.291 e. The molecule has 0 spiro atoms. The highest BCUT2D eigenvalue weighted by Gasteiger charge is 2.21. The third kappa shape index (κ3) is 3.51. The summed E-state index contributed by atoms with van der Waals surface area (Å²) in [6.07, 6.45) is 1.99. The second-order valence-corrected chi connectivity index (χ2v) is 6.92. The van der Waals surface area contributed by atoms with E-state index in [1.165, 1.54) is 28.2 Å². The summed E-state index contributed by atoms with van der Waals surface area (Å²) in [4.78, 5) is 17.7. The Morgan fingerprint density at radius 3 is 3.04 bits per heavy atom. The molecule has 0 aliphatic carbocycles. The number of hydrogen-bond donors (Lipinski definition) is 1. The van der Waals surface area contributed by atoms with E-state index in [4.69, 9.17) is 4.74 Å². The van der Waals surface area contributed by atoms with Crippen LogP contribution in [-0.4, -0.2) is 39.9 Å². The lowest BCUT2D eigenvalue weighted by Crippen LogP contribution is -2.32. The Kier molecular flexibility index (Phi) is 4.77. The number of nitrogens with one attached hydrogen (secondary N) is 1. The molecule has 2 aromatic heterocycles. The molecule has 1 N–H and O–H groups in total. The number of benzene rings is 1. The number of carbonyl (C=O) groups is 1. The molecular weight excluding hydrogens is 355 g/mol. The highest BCUT2D eigenvalue weighted by molar-refractivity contribution is 7.13. The van der Waals surface area contributed by atoms with E-state index in [1.54, 1.807) is 12.1 Å². The number of halogens is 1. The Bertz CT molecular complexity index is 904. The molecule has 1 fully saturated rings. The van der Waals surface area contributed by atoms with Gasteiger partial charge in [0, 0.05) is 13.2 Å². The van der Waals surface area contributed by atoms with Gasteiger partial charge in [-0.15, -0.1) is 16.4 Å². The summed E-state index contributed by atoms with van der Waals surface area (Å²) >= 11 is 1.48. The summed E-state index contributed by atoms with van der Waals surface area (Å²) in [5.74, 6) is -0.184. The van der Waals surface area contributed by atoms with E-state index in [2.05, 4.69) is 15.4 Å². The van der Waals surface area contributed by atoms with Gasteiger partial charge in [-0.1, -0.05) is 12.1 Å². The minimum atomic E-state index is -0.375. The molecule has 1 aromatic carbocycles. The van der Waals surface area contributed by atoms with Gasteiger partial charge in [0.2, 0.25) is 5.82 Å². The Morgan fingerprint density at radius 2 is 2.31 bits per heavy atom. The molecule has 1 atom stereocenters. The van der Waals surface area contributed by atoms with Gasteiger partial charge in [-0.05, 0) is 42.5 Å². The first-order valence-corrected chi connectivity index (χ1v) is 9.25. The zero-order valence-corrected chi connectivity index (χ0v) is 14.7. The summed E-state index contributed by atoms with van der Waals surface area (Å²) in [6, 6.07) is 9.82. The maximum absolute atomic E-state index is 13.6. The molecule has 1 aliphatic heterocycles. The first-order chi connectivity index (χ1) is 12.7. The predicted octanol–water partition coefficient (Wildman–Crippen LogP) is 3.04. The van der Waals surface area contributed by atoms with Crippen LogP contribution in [0.15, 0.2) is 41.8 Å². The fourth-order valence-electron chi connectivity index (χ4n) is 2.85. The van der Waals surface area contributed by atoms with Crippen molar-refractivity contribution in [3.05, 3.63) is 53.4 Å². The molecule has 134 valence electrons. The minimum absolute atomic E-state index is 0.0426. The van der Waals surface area contributed by atoms with Crippen LogP contribution >= 0.6 is 11.3 Å². The predicted molar refractivity (Wildman–Crippen MR) is 95.9 cm³/mol. The molecular formula is C18H17FN4O2S. The lowest BCUT2D eigenvalue weighted by Gasteiger charge is -2.09. The molecule has 6 nitrogen and oxygen atoms in total. The lowest BCUT2D eigenvalue weighted by molar-refractivity contribution is 0.0849. The lowest BCUT2D eigenvalue weighted by atomic mass is 10.2. The standard InChI is InChI=1S/C18H17FN4O2S/c19-12-4-1-5-13(10-12)23-17(15-7-3-9-26-15)21-16(22-23)18(24)20-11-14-6-2-8-25-14/h1,3-5,7,9-10,14H,2,6,8,11H2,(H,20,24)/t14-/m1/s1. The average Bonchev–Trinajstić information content (AvgIpc) is 3.40. The normalized spacial score (nSPS) is 16.7. The first-order valence-electron chi connectivity index (χ1n) is 8.37. The fraction of sp³-hybridized carbons (Fsp3) is 0.278. The summed E-state index contributed by atoms with van der Waals surface area (Å²) in [5, 5.41) is 9.05. The van der Waals surface area contributed by atoms with Crippen LogP contribution in [-0.2, 0) is 4.74 Å². The van der Waals surface area contributed by atoms with Gasteiger partial charge in [-0.2, -0.15) is 0 Å². The van der Waals surface area contributed by atoms with Gasteiger partial charge in [0.25, 0.3) is 5.91 Å². The van der Waals surface area contributed by atoms with E-state index in [9.17, 15) is 9.18 Å². The quantitative estimate of drug-likeness (QED) is 0.747. The van der Waals surface area contributed by atoms with E-state index in [1.807, 2.05) is 17.5 Å². The van der Waals surface area contributed by atoms with E-state index >= 15 is 0 Å². The van der Waals surface area contributed by atoms with Crippen molar-refractivity contribution in [2.45, 2.75) is 18.9 Å². The molecule has 26 heavy (non-hydrogen) atoms. The van der Waals surface area contributed by atoms with Gasteiger partial charge in [-0.25, -0.2) is 14.1 Å². The van der Waals surface area contributed by atoms with E-state index in [-0.39, 0.29) is 23.7 Å². The van der Waals surface area contributed by atoms with Crippen LogP contribution in [0.2, 0.25) is 0 Å². The SMILES string of the molecule is O=C(NC[C@H]1CCCO1)c1nc(-c2cccs2)n(-c2cccc(F)c2)n1. The summed E-state index contributed by atoms with van der Waals surface area (Å²) in [5.41, 5.74) is 0.513. The summed E-state index contributed by atoms with van der Waals surface area (Å²) in [6.45, 7) is 1.16. The maximum atomic E-state index is 13.6. The topological polar surface area (TPSA) is 69.0 Å². The summed E-state index contributed by atoms with van der Waals surface area (Å²) < 4.78 is 20.6. The van der Waals surface area contributed by atoms with Crippen LogP contribution in [0.25, 0.3) is 16.4 Å².